The summed E-state index contributed by atoms with van der Waals surface area (Å²) >= 11 is 0. The second kappa shape index (κ2) is 5.46. The van der Waals surface area contributed by atoms with E-state index >= 15 is 0 Å². The molecule has 108 valence electrons. The van der Waals surface area contributed by atoms with Crippen molar-refractivity contribution in [2.24, 2.45) is 11.3 Å². The summed E-state index contributed by atoms with van der Waals surface area (Å²) in [6.45, 7) is 2.21. The Morgan fingerprint density at radius 3 is 2.67 bits per heavy atom. The van der Waals surface area contributed by atoms with Crippen LogP contribution in [0.1, 0.15) is 44.4 Å². The van der Waals surface area contributed by atoms with Crippen molar-refractivity contribution in [2.45, 2.75) is 38.7 Å². The quantitative estimate of drug-likeness (QED) is 0.905. The Balaban J connectivity index is 1.95. The third-order valence-corrected chi connectivity index (χ3v) is 4.81. The van der Waals surface area contributed by atoms with Crippen LogP contribution in [0.4, 0.5) is 0 Å². The fourth-order valence-electron chi connectivity index (χ4n) is 3.24. The second-order valence-corrected chi connectivity index (χ2v) is 6.28. The van der Waals surface area contributed by atoms with Gasteiger partial charge in [0.05, 0.1) is 22.7 Å². The largest absolute Gasteiger partial charge is 0.385 e. The van der Waals surface area contributed by atoms with Gasteiger partial charge in [-0.1, -0.05) is 31.2 Å². The van der Waals surface area contributed by atoms with E-state index in [0.29, 0.717) is 11.6 Å². The zero-order valence-electron chi connectivity index (χ0n) is 12.3. The topological polar surface area (TPSA) is 56.9 Å². The normalized spacial score (nSPS) is 27.2. The van der Waals surface area contributed by atoms with Crippen molar-refractivity contribution in [1.29, 1.82) is 5.26 Å². The summed E-state index contributed by atoms with van der Waals surface area (Å²) in [7, 11) is 0. The summed E-state index contributed by atoms with van der Waals surface area (Å²) in [6, 6.07) is 14.1. The number of hydrogen-bond acceptors (Lipinski definition) is 3. The molecule has 1 heterocycles. The van der Waals surface area contributed by atoms with E-state index in [1.807, 2.05) is 36.4 Å². The molecule has 1 unspecified atom stereocenters. The number of hydrogen-bond donors (Lipinski definition) is 1. The minimum Gasteiger partial charge on any atom is -0.385 e. The van der Waals surface area contributed by atoms with Gasteiger partial charge in [-0.15, -0.1) is 0 Å². The van der Waals surface area contributed by atoms with Crippen molar-refractivity contribution < 1.29 is 5.11 Å². The van der Waals surface area contributed by atoms with Crippen molar-refractivity contribution in [3.63, 3.8) is 0 Å². The van der Waals surface area contributed by atoms with Crippen LogP contribution in [0.3, 0.4) is 0 Å². The molecule has 3 heteroatoms. The predicted octanol–water partition coefficient (Wildman–Crippen LogP) is 3.99. The van der Waals surface area contributed by atoms with E-state index in [1.54, 1.807) is 0 Å². The van der Waals surface area contributed by atoms with Crippen molar-refractivity contribution in [3.8, 4) is 6.07 Å². The average Bonchev–Trinajstić information content (AvgIpc) is 2.55. The van der Waals surface area contributed by atoms with Gasteiger partial charge in [-0.2, -0.15) is 5.26 Å². The van der Waals surface area contributed by atoms with Crippen LogP contribution in [-0.2, 0) is 0 Å². The van der Waals surface area contributed by atoms with Gasteiger partial charge < -0.3 is 5.11 Å². The highest BCUT2D eigenvalue weighted by Crippen LogP contribution is 2.46. The fraction of sp³-hybridized carbons (Fsp3) is 0.444. The van der Waals surface area contributed by atoms with Crippen LogP contribution < -0.4 is 0 Å². The lowest BCUT2D eigenvalue weighted by atomic mass is 9.68. The average molecular weight is 280 g/mol. The van der Waals surface area contributed by atoms with Crippen LogP contribution >= 0.6 is 0 Å². The summed E-state index contributed by atoms with van der Waals surface area (Å²) in [6.07, 6.45) is 2.69. The Bertz CT molecular complexity index is 681. The number of aliphatic hydroxyl groups excluding tert-OH is 1. The Morgan fingerprint density at radius 2 is 1.95 bits per heavy atom. The van der Waals surface area contributed by atoms with Crippen molar-refractivity contribution >= 4 is 10.9 Å². The summed E-state index contributed by atoms with van der Waals surface area (Å²) in [4.78, 5) is 4.56. The number of para-hydroxylation sites is 1. The van der Waals surface area contributed by atoms with E-state index in [4.69, 9.17) is 0 Å². The molecule has 0 amide bonds. The zero-order valence-corrected chi connectivity index (χ0v) is 12.3. The monoisotopic (exact) mass is 280 g/mol. The molecule has 1 aromatic carbocycles. The van der Waals surface area contributed by atoms with Crippen LogP contribution in [-0.4, -0.2) is 10.1 Å². The molecule has 1 aliphatic rings. The van der Waals surface area contributed by atoms with Crippen LogP contribution in [0.2, 0.25) is 0 Å². The minimum absolute atomic E-state index is 0.616. The van der Waals surface area contributed by atoms with Gasteiger partial charge in [-0.05, 0) is 43.7 Å². The van der Waals surface area contributed by atoms with Crippen LogP contribution in [0.15, 0.2) is 36.4 Å². The number of aliphatic hydroxyl groups is 1. The van der Waals surface area contributed by atoms with Crippen molar-refractivity contribution in [1.82, 2.24) is 4.98 Å². The highest BCUT2D eigenvalue weighted by atomic mass is 16.3. The molecule has 1 fully saturated rings. The Labute approximate surface area is 125 Å². The first-order valence-corrected chi connectivity index (χ1v) is 7.60. The third-order valence-electron chi connectivity index (χ3n) is 4.81. The fourth-order valence-corrected chi connectivity index (χ4v) is 3.24. The summed E-state index contributed by atoms with van der Waals surface area (Å²) in [5, 5.41) is 21.4. The summed E-state index contributed by atoms with van der Waals surface area (Å²) < 4.78 is 0. The van der Waals surface area contributed by atoms with Gasteiger partial charge in [0.1, 0.15) is 6.10 Å². The molecule has 0 saturated heterocycles. The van der Waals surface area contributed by atoms with E-state index in [2.05, 4.69) is 18.0 Å². The standard InChI is InChI=1S/C18H20N2O/c1-13-8-10-18(12-19,11-9-13)17(21)16-7-6-14-4-2-3-5-15(14)20-16/h2-7,13,17,21H,8-11H2,1H3. The maximum absolute atomic E-state index is 10.8. The molecule has 1 aromatic heterocycles. The summed E-state index contributed by atoms with van der Waals surface area (Å²) in [5.74, 6) is 0.642. The number of nitriles is 1. The smallest absolute Gasteiger partial charge is 0.115 e. The van der Waals surface area contributed by atoms with Crippen LogP contribution in [0.5, 0.6) is 0 Å². The summed E-state index contributed by atoms with van der Waals surface area (Å²) in [5.41, 5.74) is 0.804. The highest BCUT2D eigenvalue weighted by Gasteiger charge is 2.42. The number of benzene rings is 1. The zero-order chi connectivity index (χ0) is 14.9. The van der Waals surface area contributed by atoms with Crippen LogP contribution in [0, 0.1) is 22.7 Å². The van der Waals surface area contributed by atoms with E-state index in [9.17, 15) is 10.4 Å². The molecule has 2 aromatic rings. The van der Waals surface area contributed by atoms with Crippen molar-refractivity contribution in [3.05, 3.63) is 42.1 Å². The Kier molecular flexibility index (Phi) is 3.65. The number of pyridine rings is 1. The number of fused-ring (bicyclic) bond motifs is 1. The number of rotatable bonds is 2. The van der Waals surface area contributed by atoms with E-state index in [0.717, 1.165) is 36.6 Å². The maximum Gasteiger partial charge on any atom is 0.115 e. The molecule has 0 radical (unpaired) electrons. The van der Waals surface area contributed by atoms with Crippen molar-refractivity contribution in [2.75, 3.05) is 0 Å². The lowest BCUT2D eigenvalue weighted by Crippen LogP contribution is -2.32. The first-order chi connectivity index (χ1) is 10.1. The van der Waals surface area contributed by atoms with Gasteiger partial charge in [0.2, 0.25) is 0 Å². The molecule has 1 N–H and O–H groups in total. The predicted molar refractivity (Wildman–Crippen MR) is 82.4 cm³/mol. The maximum atomic E-state index is 10.8. The molecule has 1 aliphatic carbocycles. The first-order valence-electron chi connectivity index (χ1n) is 7.60. The Hall–Kier alpha value is -1.92. The Morgan fingerprint density at radius 1 is 1.24 bits per heavy atom. The SMILES string of the molecule is CC1CCC(C#N)(C(O)c2ccc3ccccc3n2)CC1. The molecular formula is C18H20N2O. The third kappa shape index (κ3) is 2.52. The molecule has 3 nitrogen and oxygen atoms in total. The van der Waals surface area contributed by atoms with Gasteiger partial charge in [-0.3, -0.25) is 4.98 Å². The lowest BCUT2D eigenvalue weighted by Gasteiger charge is -2.37. The molecule has 0 bridgehead atoms. The van der Waals surface area contributed by atoms with Gasteiger partial charge >= 0.3 is 0 Å². The second-order valence-electron chi connectivity index (χ2n) is 6.28. The van der Waals surface area contributed by atoms with Gasteiger partial charge in [0.15, 0.2) is 0 Å². The minimum atomic E-state index is -0.806. The molecule has 0 aliphatic heterocycles. The number of aromatic nitrogens is 1. The van der Waals surface area contributed by atoms with E-state index in [1.165, 1.54) is 0 Å². The first kappa shape index (κ1) is 14.0. The van der Waals surface area contributed by atoms with Gasteiger partial charge in [-0.25, -0.2) is 0 Å². The van der Waals surface area contributed by atoms with E-state index in [-0.39, 0.29) is 0 Å². The van der Waals surface area contributed by atoms with Gasteiger partial charge in [0, 0.05) is 5.39 Å². The highest BCUT2D eigenvalue weighted by molar-refractivity contribution is 5.78. The van der Waals surface area contributed by atoms with Gasteiger partial charge in [0.25, 0.3) is 0 Å². The van der Waals surface area contributed by atoms with Crippen LogP contribution in [0.25, 0.3) is 10.9 Å². The molecule has 1 atom stereocenters. The number of nitrogens with zero attached hydrogens (tertiary/aromatic N) is 2. The lowest BCUT2D eigenvalue weighted by molar-refractivity contribution is 0.0239. The van der Waals surface area contributed by atoms with E-state index < -0.39 is 11.5 Å². The molecule has 1 saturated carbocycles. The molecule has 21 heavy (non-hydrogen) atoms. The molecule has 0 spiro atoms. The molecular weight excluding hydrogens is 260 g/mol. The molecule has 3 rings (SSSR count).